The second kappa shape index (κ2) is 8.34. The summed E-state index contributed by atoms with van der Waals surface area (Å²) < 4.78 is 11.2. The zero-order valence-electron chi connectivity index (χ0n) is 16.0. The molecule has 0 fully saturated rings. The molecule has 4 rings (SSSR count). The molecule has 3 aromatic carbocycles. The second-order valence-corrected chi connectivity index (χ2v) is 7.01. The van der Waals surface area contributed by atoms with Crippen LogP contribution < -0.4 is 20.5 Å². The first-order chi connectivity index (χ1) is 14.5. The highest BCUT2D eigenvalue weighted by Gasteiger charge is 2.12. The third-order valence-electron chi connectivity index (χ3n) is 4.51. The third-order valence-corrected chi connectivity index (χ3v) is 4.76. The van der Waals surface area contributed by atoms with Crippen molar-refractivity contribution in [3.05, 3.63) is 87.3 Å². The molecule has 30 heavy (non-hydrogen) atoms. The number of anilines is 1. The van der Waals surface area contributed by atoms with Crippen molar-refractivity contribution in [1.29, 1.82) is 0 Å². The van der Waals surface area contributed by atoms with Crippen LogP contribution in [-0.4, -0.2) is 23.0 Å². The van der Waals surface area contributed by atoms with Crippen LogP contribution in [0.1, 0.15) is 15.9 Å². The number of H-pyrrole nitrogens is 2. The molecule has 0 atom stereocenters. The summed E-state index contributed by atoms with van der Waals surface area (Å²) in [6.45, 7) is 0.341. The average molecular weight is 424 g/mol. The van der Waals surface area contributed by atoms with Gasteiger partial charge in [0.25, 0.3) is 5.91 Å². The Bertz CT molecular complexity index is 1260. The molecule has 0 unspecified atom stereocenters. The summed E-state index contributed by atoms with van der Waals surface area (Å²) in [6, 6.07) is 17.4. The van der Waals surface area contributed by atoms with Crippen LogP contribution >= 0.6 is 11.6 Å². The molecule has 3 N–H and O–H groups in total. The molecule has 0 radical (unpaired) electrons. The van der Waals surface area contributed by atoms with E-state index in [4.69, 9.17) is 21.1 Å². The number of imidazole rings is 1. The number of hydrogen-bond donors (Lipinski definition) is 3. The largest absolute Gasteiger partial charge is 0.493 e. The first-order valence-electron chi connectivity index (χ1n) is 9.10. The van der Waals surface area contributed by atoms with Crippen molar-refractivity contribution in [2.45, 2.75) is 6.61 Å². The first-order valence-corrected chi connectivity index (χ1v) is 9.48. The lowest BCUT2D eigenvalue weighted by Gasteiger charge is -2.12. The topological polar surface area (TPSA) is 96.2 Å². The van der Waals surface area contributed by atoms with Gasteiger partial charge in [-0.2, -0.15) is 0 Å². The molecule has 152 valence electrons. The number of halogens is 1. The zero-order valence-corrected chi connectivity index (χ0v) is 16.7. The summed E-state index contributed by atoms with van der Waals surface area (Å²) in [4.78, 5) is 29.3. The Balaban J connectivity index is 1.48. The van der Waals surface area contributed by atoms with Crippen LogP contribution in [0.15, 0.2) is 65.5 Å². The minimum atomic E-state index is -0.310. The molecule has 7 nitrogen and oxygen atoms in total. The van der Waals surface area contributed by atoms with Gasteiger partial charge in [-0.3, -0.25) is 4.79 Å². The minimum absolute atomic E-state index is 0.299. The van der Waals surface area contributed by atoms with Gasteiger partial charge in [0.05, 0.1) is 18.1 Å². The molecule has 1 heterocycles. The van der Waals surface area contributed by atoms with Crippen molar-refractivity contribution in [3.8, 4) is 11.5 Å². The number of aromatic nitrogens is 2. The molecule has 0 spiro atoms. The van der Waals surface area contributed by atoms with Crippen molar-refractivity contribution in [1.82, 2.24) is 9.97 Å². The second-order valence-electron chi connectivity index (χ2n) is 6.57. The molecule has 0 aliphatic rings. The standard InChI is InChI=1S/C22H18ClN3O4/c1-29-20-10-14(4-9-19(20)30-12-13-2-5-15(23)6-3-13)21(27)24-16-7-8-17-18(11-16)26-22(28)25-17/h2-11H,12H2,1H3,(H,24,27)(H2,25,26,28). The summed E-state index contributed by atoms with van der Waals surface area (Å²) in [5, 5.41) is 3.47. The summed E-state index contributed by atoms with van der Waals surface area (Å²) >= 11 is 5.90. The Morgan fingerprint density at radius 1 is 0.967 bits per heavy atom. The molecule has 0 aliphatic carbocycles. The number of amides is 1. The molecular formula is C22H18ClN3O4. The Morgan fingerprint density at radius 3 is 2.50 bits per heavy atom. The van der Waals surface area contributed by atoms with Crippen LogP contribution in [0.25, 0.3) is 11.0 Å². The minimum Gasteiger partial charge on any atom is -0.493 e. The maximum atomic E-state index is 12.6. The molecule has 0 aliphatic heterocycles. The first kappa shape index (κ1) is 19.6. The van der Waals surface area contributed by atoms with Crippen LogP contribution in [-0.2, 0) is 6.61 Å². The SMILES string of the molecule is COc1cc(C(=O)Nc2ccc3[nH]c(=O)[nH]c3c2)ccc1OCc1ccc(Cl)cc1. The fourth-order valence-corrected chi connectivity index (χ4v) is 3.11. The summed E-state index contributed by atoms with van der Waals surface area (Å²) in [6.07, 6.45) is 0. The van der Waals surface area contributed by atoms with Gasteiger partial charge in [-0.15, -0.1) is 0 Å². The number of rotatable bonds is 6. The lowest BCUT2D eigenvalue weighted by Crippen LogP contribution is -2.12. The number of carbonyl (C=O) groups is 1. The van der Waals surface area contributed by atoms with Gasteiger partial charge in [0.1, 0.15) is 6.61 Å². The Hall–Kier alpha value is -3.71. The van der Waals surface area contributed by atoms with E-state index >= 15 is 0 Å². The molecule has 8 heteroatoms. The molecular weight excluding hydrogens is 406 g/mol. The van der Waals surface area contributed by atoms with E-state index in [2.05, 4.69) is 15.3 Å². The van der Waals surface area contributed by atoms with Crippen molar-refractivity contribution in [2.75, 3.05) is 12.4 Å². The maximum Gasteiger partial charge on any atom is 0.323 e. The van der Waals surface area contributed by atoms with Crippen LogP contribution in [0.2, 0.25) is 5.02 Å². The highest BCUT2D eigenvalue weighted by molar-refractivity contribution is 6.30. The van der Waals surface area contributed by atoms with E-state index < -0.39 is 0 Å². The number of nitrogens with one attached hydrogen (secondary N) is 3. The molecule has 0 saturated carbocycles. The third kappa shape index (κ3) is 4.31. The zero-order chi connectivity index (χ0) is 21.1. The van der Waals surface area contributed by atoms with Gasteiger partial charge in [-0.25, -0.2) is 4.79 Å². The molecule has 0 saturated heterocycles. The predicted molar refractivity (Wildman–Crippen MR) is 116 cm³/mol. The summed E-state index contributed by atoms with van der Waals surface area (Å²) in [7, 11) is 1.52. The van der Waals surface area contributed by atoms with Gasteiger partial charge < -0.3 is 24.8 Å². The van der Waals surface area contributed by atoms with E-state index in [1.54, 1.807) is 48.5 Å². The monoisotopic (exact) mass is 423 g/mol. The van der Waals surface area contributed by atoms with E-state index in [1.165, 1.54) is 7.11 Å². The average Bonchev–Trinajstić information content (AvgIpc) is 3.12. The number of methoxy groups -OCH3 is 1. The van der Waals surface area contributed by atoms with Crippen molar-refractivity contribution in [2.24, 2.45) is 0 Å². The van der Waals surface area contributed by atoms with Gasteiger partial charge in [-0.1, -0.05) is 23.7 Å². The van der Waals surface area contributed by atoms with Gasteiger partial charge in [0.2, 0.25) is 0 Å². The lowest BCUT2D eigenvalue weighted by atomic mass is 10.1. The summed E-state index contributed by atoms with van der Waals surface area (Å²) in [5.41, 5.74) is 2.91. The Kier molecular flexibility index (Phi) is 5.45. The number of carbonyl (C=O) groups excluding carboxylic acids is 1. The fraction of sp³-hybridized carbons (Fsp3) is 0.0909. The number of ether oxygens (including phenoxy) is 2. The van der Waals surface area contributed by atoms with E-state index in [1.807, 2.05) is 12.1 Å². The van der Waals surface area contributed by atoms with Crippen LogP contribution in [0.3, 0.4) is 0 Å². The lowest BCUT2D eigenvalue weighted by molar-refractivity contribution is 0.102. The highest BCUT2D eigenvalue weighted by Crippen LogP contribution is 2.29. The van der Waals surface area contributed by atoms with Crippen LogP contribution in [0.5, 0.6) is 11.5 Å². The maximum absolute atomic E-state index is 12.6. The van der Waals surface area contributed by atoms with Crippen LogP contribution in [0, 0.1) is 0 Å². The van der Waals surface area contributed by atoms with Gasteiger partial charge >= 0.3 is 5.69 Å². The van der Waals surface area contributed by atoms with E-state index in [0.29, 0.717) is 45.4 Å². The van der Waals surface area contributed by atoms with Gasteiger partial charge in [0.15, 0.2) is 11.5 Å². The quantitative estimate of drug-likeness (QED) is 0.429. The fourth-order valence-electron chi connectivity index (χ4n) is 2.98. The van der Waals surface area contributed by atoms with Crippen molar-refractivity contribution < 1.29 is 14.3 Å². The molecule has 1 aromatic heterocycles. The molecule has 1 amide bonds. The highest BCUT2D eigenvalue weighted by atomic mass is 35.5. The van der Waals surface area contributed by atoms with E-state index in [9.17, 15) is 9.59 Å². The number of fused-ring (bicyclic) bond motifs is 1. The van der Waals surface area contributed by atoms with Crippen molar-refractivity contribution >= 4 is 34.2 Å². The normalized spacial score (nSPS) is 10.7. The molecule has 0 bridgehead atoms. The molecule has 4 aromatic rings. The van der Waals surface area contributed by atoms with E-state index in [-0.39, 0.29) is 11.6 Å². The smallest absolute Gasteiger partial charge is 0.323 e. The Morgan fingerprint density at radius 2 is 1.73 bits per heavy atom. The number of aromatic amines is 2. The van der Waals surface area contributed by atoms with Gasteiger partial charge in [-0.05, 0) is 54.1 Å². The number of hydrogen-bond acceptors (Lipinski definition) is 4. The predicted octanol–water partition coefficient (Wildman–Crippen LogP) is 4.35. The van der Waals surface area contributed by atoms with Crippen molar-refractivity contribution in [3.63, 3.8) is 0 Å². The number of benzene rings is 3. The summed E-state index contributed by atoms with van der Waals surface area (Å²) in [5.74, 6) is 0.659. The Labute approximate surface area is 176 Å². The van der Waals surface area contributed by atoms with Crippen LogP contribution in [0.4, 0.5) is 5.69 Å². The van der Waals surface area contributed by atoms with E-state index in [0.717, 1.165) is 5.56 Å². The van der Waals surface area contributed by atoms with Gasteiger partial charge in [0, 0.05) is 16.3 Å².